The first-order valence-electron chi connectivity index (χ1n) is 14.2. The lowest BCUT2D eigenvalue weighted by Gasteiger charge is -2.49. The third kappa shape index (κ3) is 7.34. The van der Waals surface area contributed by atoms with Gasteiger partial charge in [0.25, 0.3) is 0 Å². The fraction of sp³-hybridized carbons (Fsp3) is 1.00. The summed E-state index contributed by atoms with van der Waals surface area (Å²) in [6, 6.07) is 0. The van der Waals surface area contributed by atoms with Crippen molar-refractivity contribution in [3.8, 4) is 0 Å². The molecule has 22 heteroatoms. The highest BCUT2D eigenvalue weighted by Crippen LogP contribution is 2.35. The van der Waals surface area contributed by atoms with Crippen molar-refractivity contribution in [1.82, 2.24) is 0 Å². The fourth-order valence-corrected chi connectivity index (χ4v) is 5.60. The molecule has 0 aromatic rings. The molecule has 0 spiro atoms. The monoisotopic (exact) mass is 682 g/mol. The van der Waals surface area contributed by atoms with E-state index in [1.165, 1.54) is 0 Å². The summed E-state index contributed by atoms with van der Waals surface area (Å²) in [7, 11) is 0. The lowest BCUT2D eigenvalue weighted by Crippen LogP contribution is -2.69. The molecule has 22 nitrogen and oxygen atoms in total. The van der Waals surface area contributed by atoms with E-state index in [0.29, 0.717) is 0 Å². The standard InChI is InChI=1S/C24H42O22/c25-1-5-9(29)10(30)13(33)21(40-5)43-17-6(2-26)41-22(14(34)11(17)31)44-18-7(3-27)42-23(15(35)12(18)32)45-19-8(4-28)46-24(38,39)20(37)16(19)36/h5-23,25-39H,1-4H2/t5-,6-,7-,8-,9-,10+,11-,12-,13-,14-,15-,16+,17-,18-,19-,20-,21+,22+,23+/m1/s1. The Kier molecular flexibility index (Phi) is 12.7. The maximum absolute atomic E-state index is 10.9. The van der Waals surface area contributed by atoms with Crippen molar-refractivity contribution < 1.29 is 110 Å². The second kappa shape index (κ2) is 15.3. The van der Waals surface area contributed by atoms with E-state index in [2.05, 4.69) is 0 Å². The molecule has 4 heterocycles. The van der Waals surface area contributed by atoms with Crippen LogP contribution >= 0.6 is 0 Å². The molecule has 0 aromatic heterocycles. The Morgan fingerprint density at radius 3 is 1.15 bits per heavy atom. The van der Waals surface area contributed by atoms with Crippen LogP contribution in [0, 0.1) is 0 Å². The Morgan fingerprint density at radius 1 is 0.413 bits per heavy atom. The first-order chi connectivity index (χ1) is 21.6. The second-order valence-corrected chi connectivity index (χ2v) is 11.3. The number of hydrogen-bond donors (Lipinski definition) is 15. The molecule has 19 atom stereocenters. The van der Waals surface area contributed by atoms with E-state index in [0.717, 1.165) is 0 Å². The predicted molar refractivity (Wildman–Crippen MR) is 135 cm³/mol. The molecule has 0 amide bonds. The smallest absolute Gasteiger partial charge is 0.308 e. The predicted octanol–water partition coefficient (Wildman–Crippen LogP) is -10.4. The van der Waals surface area contributed by atoms with E-state index in [9.17, 15) is 76.6 Å². The quantitative estimate of drug-likeness (QED) is 0.0951. The van der Waals surface area contributed by atoms with Crippen molar-refractivity contribution in [2.24, 2.45) is 0 Å². The highest BCUT2D eigenvalue weighted by Gasteiger charge is 2.57. The summed E-state index contributed by atoms with van der Waals surface area (Å²) in [6.45, 7) is -3.64. The normalized spacial score (nSPS) is 51.6. The number of hydrogen-bond acceptors (Lipinski definition) is 22. The van der Waals surface area contributed by atoms with Crippen molar-refractivity contribution in [2.75, 3.05) is 26.4 Å². The van der Waals surface area contributed by atoms with E-state index >= 15 is 0 Å². The van der Waals surface area contributed by atoms with Crippen LogP contribution in [-0.2, 0) is 33.2 Å². The zero-order valence-corrected chi connectivity index (χ0v) is 23.9. The summed E-state index contributed by atoms with van der Waals surface area (Å²) in [5.74, 6) is -3.28. The first kappa shape index (κ1) is 37.9. The topological polar surface area (TPSA) is 368 Å². The van der Waals surface area contributed by atoms with Gasteiger partial charge in [0, 0.05) is 0 Å². The minimum atomic E-state index is -3.28. The molecule has 4 aliphatic heterocycles. The van der Waals surface area contributed by atoms with Crippen LogP contribution in [0.25, 0.3) is 0 Å². The maximum Gasteiger partial charge on any atom is 0.308 e. The van der Waals surface area contributed by atoms with Crippen molar-refractivity contribution >= 4 is 0 Å². The zero-order chi connectivity index (χ0) is 34.2. The molecule has 4 rings (SSSR count). The van der Waals surface area contributed by atoms with Gasteiger partial charge in [0.15, 0.2) is 25.0 Å². The van der Waals surface area contributed by atoms with Gasteiger partial charge in [-0.05, 0) is 0 Å². The van der Waals surface area contributed by atoms with E-state index in [-0.39, 0.29) is 0 Å². The van der Waals surface area contributed by atoms with Gasteiger partial charge in [-0.3, -0.25) is 0 Å². The van der Waals surface area contributed by atoms with E-state index < -0.39 is 149 Å². The third-order valence-corrected chi connectivity index (χ3v) is 8.28. The molecule has 46 heavy (non-hydrogen) atoms. The van der Waals surface area contributed by atoms with Crippen molar-refractivity contribution in [2.45, 2.75) is 123 Å². The van der Waals surface area contributed by atoms with Gasteiger partial charge >= 0.3 is 5.97 Å². The second-order valence-electron chi connectivity index (χ2n) is 11.3. The first-order valence-corrected chi connectivity index (χ1v) is 14.2. The Morgan fingerprint density at radius 2 is 0.761 bits per heavy atom. The molecule has 0 unspecified atom stereocenters. The van der Waals surface area contributed by atoms with Gasteiger partial charge in [0.2, 0.25) is 0 Å². The molecular weight excluding hydrogens is 640 g/mol. The SMILES string of the molecule is OC[C@H]1O[C@@H](O[C@H]2[C@H](O)[C@@H](O)[C@H](O[C@H]3[C@H](O)[C@@H](O)[C@H](O[C@H]4[C@H](O)[C@@H](O)C(O)(O)O[C@@H]4CO)O[C@@H]3CO)O[C@@H]2CO)[C@H](O)[C@@H](O)[C@@H]1O. The molecule has 4 aliphatic rings. The largest absolute Gasteiger partial charge is 0.394 e. The minimum Gasteiger partial charge on any atom is -0.394 e. The number of ether oxygens (including phenoxy) is 7. The van der Waals surface area contributed by atoms with Crippen LogP contribution in [0.4, 0.5) is 0 Å². The Hall–Kier alpha value is -0.880. The molecular formula is C24H42O22. The van der Waals surface area contributed by atoms with Crippen LogP contribution in [-0.4, -0.2) is 226 Å². The summed E-state index contributed by atoms with van der Waals surface area (Å²) >= 11 is 0. The molecule has 15 N–H and O–H groups in total. The summed E-state index contributed by atoms with van der Waals surface area (Å²) in [5.41, 5.74) is 0. The molecule has 0 aromatic carbocycles. The summed E-state index contributed by atoms with van der Waals surface area (Å²) < 4.78 is 37.3. The van der Waals surface area contributed by atoms with Crippen LogP contribution in [0.3, 0.4) is 0 Å². The van der Waals surface area contributed by atoms with Crippen LogP contribution < -0.4 is 0 Å². The highest BCUT2D eigenvalue weighted by atomic mass is 16.8. The minimum absolute atomic E-state index is 0.795. The molecule has 0 aliphatic carbocycles. The zero-order valence-electron chi connectivity index (χ0n) is 23.9. The van der Waals surface area contributed by atoms with Crippen molar-refractivity contribution in [1.29, 1.82) is 0 Å². The van der Waals surface area contributed by atoms with E-state index in [1.807, 2.05) is 0 Å². The lowest BCUT2D eigenvalue weighted by molar-refractivity contribution is -0.447. The Balaban J connectivity index is 1.44. The maximum atomic E-state index is 10.9. The Labute approximate surface area is 259 Å². The summed E-state index contributed by atoms with van der Waals surface area (Å²) in [4.78, 5) is 0. The van der Waals surface area contributed by atoms with Gasteiger partial charge in [-0.2, -0.15) is 0 Å². The van der Waals surface area contributed by atoms with Gasteiger partial charge in [-0.1, -0.05) is 0 Å². The van der Waals surface area contributed by atoms with Gasteiger partial charge < -0.3 is 110 Å². The molecule has 0 saturated carbocycles. The van der Waals surface area contributed by atoms with Crippen molar-refractivity contribution in [3.05, 3.63) is 0 Å². The number of aliphatic hydroxyl groups excluding tert-OH is 13. The van der Waals surface area contributed by atoms with Gasteiger partial charge in [-0.25, -0.2) is 0 Å². The lowest BCUT2D eigenvalue weighted by atomic mass is 9.95. The van der Waals surface area contributed by atoms with Gasteiger partial charge in [-0.15, -0.1) is 0 Å². The summed E-state index contributed by atoms with van der Waals surface area (Å²) in [6.07, 6.45) is -35.2. The fourth-order valence-electron chi connectivity index (χ4n) is 5.60. The van der Waals surface area contributed by atoms with Gasteiger partial charge in [0.1, 0.15) is 91.6 Å². The molecule has 270 valence electrons. The molecule has 4 saturated heterocycles. The van der Waals surface area contributed by atoms with Crippen LogP contribution in [0.5, 0.6) is 0 Å². The van der Waals surface area contributed by atoms with Crippen LogP contribution in [0.2, 0.25) is 0 Å². The number of rotatable bonds is 10. The Bertz CT molecular complexity index is 953. The molecule has 0 bridgehead atoms. The van der Waals surface area contributed by atoms with Crippen LogP contribution in [0.1, 0.15) is 0 Å². The molecule has 4 fully saturated rings. The highest BCUT2D eigenvalue weighted by molar-refractivity contribution is 4.98. The van der Waals surface area contributed by atoms with E-state index in [4.69, 9.17) is 33.2 Å². The van der Waals surface area contributed by atoms with Crippen molar-refractivity contribution in [3.63, 3.8) is 0 Å². The van der Waals surface area contributed by atoms with Gasteiger partial charge in [0.05, 0.1) is 26.4 Å². The van der Waals surface area contributed by atoms with Crippen LogP contribution in [0.15, 0.2) is 0 Å². The average molecular weight is 683 g/mol. The third-order valence-electron chi connectivity index (χ3n) is 8.28. The molecule has 0 radical (unpaired) electrons. The van der Waals surface area contributed by atoms with E-state index in [1.54, 1.807) is 0 Å². The summed E-state index contributed by atoms with van der Waals surface area (Å²) in [5, 5.41) is 152. The average Bonchev–Trinajstić information content (AvgIpc) is 3.03. The number of aliphatic hydroxyl groups is 15.